The number of nitrogens with zero attached hydrogens (tertiary/aromatic N) is 3. The first-order chi connectivity index (χ1) is 12.9. The molecule has 1 saturated heterocycles. The van der Waals surface area contributed by atoms with E-state index in [1.54, 1.807) is 6.07 Å². The summed E-state index contributed by atoms with van der Waals surface area (Å²) in [6.45, 7) is 0.581. The summed E-state index contributed by atoms with van der Waals surface area (Å²) in [6.07, 6.45) is 3.85. The molecule has 0 bridgehead atoms. The normalized spacial score (nSPS) is 17.7. The third-order valence-corrected chi connectivity index (χ3v) is 5.60. The third-order valence-electron chi connectivity index (χ3n) is 4.17. The zero-order valence-corrected chi connectivity index (χ0v) is 15.0. The minimum absolute atomic E-state index is 0.200. The molecule has 0 aliphatic carbocycles. The van der Waals surface area contributed by atoms with Crippen LogP contribution in [0.15, 0.2) is 47.8 Å². The van der Waals surface area contributed by atoms with Gasteiger partial charge < -0.3 is 9.64 Å². The molecule has 2 heterocycles. The number of sulfone groups is 1. The lowest BCUT2D eigenvalue weighted by molar-refractivity contribution is 0.0524. The number of hydrogen-bond acceptors (Lipinski definition) is 6. The van der Waals surface area contributed by atoms with Gasteiger partial charge in [0.1, 0.15) is 12.4 Å². The van der Waals surface area contributed by atoms with E-state index in [2.05, 4.69) is 9.97 Å². The van der Waals surface area contributed by atoms with Crippen molar-refractivity contribution in [2.75, 3.05) is 13.1 Å². The van der Waals surface area contributed by atoms with E-state index in [0.29, 0.717) is 25.3 Å². The summed E-state index contributed by atoms with van der Waals surface area (Å²) < 4.78 is 55.4. The van der Waals surface area contributed by atoms with Crippen molar-refractivity contribution in [3.63, 3.8) is 0 Å². The van der Waals surface area contributed by atoms with Crippen LogP contribution in [-0.4, -0.2) is 54.1 Å². The fourth-order valence-electron chi connectivity index (χ4n) is 2.90. The minimum atomic E-state index is -4.88. The van der Waals surface area contributed by atoms with Crippen molar-refractivity contribution in [2.45, 2.75) is 29.6 Å². The smallest absolute Gasteiger partial charge is 0.341 e. The van der Waals surface area contributed by atoms with Crippen molar-refractivity contribution < 1.29 is 26.7 Å². The molecule has 0 N–H and O–H groups in total. The standard InChI is InChI=1S/C17H17F2N3O4S/c18-17(19)27(24,25)14-6-2-1-5-13(14)16(23)22-9-3-4-12(10-22)26-15-7-8-20-11-21-15/h1-2,5-8,11-12,17H,3-4,9-10H2. The molecule has 10 heteroatoms. The number of carbonyl (C=O) groups is 1. The Bertz CT molecular complexity index is 909. The number of piperidine rings is 1. The molecule has 2 aromatic rings. The van der Waals surface area contributed by atoms with Gasteiger partial charge >= 0.3 is 5.76 Å². The molecule has 1 aromatic heterocycles. The molecule has 0 spiro atoms. The summed E-state index contributed by atoms with van der Waals surface area (Å²) in [7, 11) is -4.88. The van der Waals surface area contributed by atoms with Gasteiger partial charge in [0, 0.05) is 18.8 Å². The molecule has 7 nitrogen and oxygen atoms in total. The number of carbonyl (C=O) groups excluding carboxylic acids is 1. The maximum atomic E-state index is 12.9. The quantitative estimate of drug-likeness (QED) is 0.768. The summed E-state index contributed by atoms with van der Waals surface area (Å²) in [4.78, 5) is 21.3. The highest BCUT2D eigenvalue weighted by molar-refractivity contribution is 7.91. The van der Waals surface area contributed by atoms with Gasteiger partial charge in [0.15, 0.2) is 0 Å². The molecule has 1 aliphatic rings. The first-order valence-corrected chi connectivity index (χ1v) is 9.77. The van der Waals surface area contributed by atoms with Crippen molar-refractivity contribution in [1.29, 1.82) is 0 Å². The van der Waals surface area contributed by atoms with E-state index in [1.807, 2.05) is 0 Å². The molecule has 1 unspecified atom stereocenters. The van der Waals surface area contributed by atoms with Gasteiger partial charge in [-0.2, -0.15) is 8.78 Å². The summed E-state index contributed by atoms with van der Waals surface area (Å²) >= 11 is 0. The molecular weight excluding hydrogens is 380 g/mol. The van der Waals surface area contributed by atoms with Crippen LogP contribution >= 0.6 is 0 Å². The van der Waals surface area contributed by atoms with Crippen LogP contribution in [0, 0.1) is 0 Å². The number of hydrogen-bond donors (Lipinski definition) is 0. The fraction of sp³-hybridized carbons (Fsp3) is 0.353. The van der Waals surface area contributed by atoms with Gasteiger partial charge in [0.2, 0.25) is 15.7 Å². The molecule has 27 heavy (non-hydrogen) atoms. The Morgan fingerprint density at radius 2 is 2.04 bits per heavy atom. The maximum absolute atomic E-state index is 12.9. The number of alkyl halides is 2. The van der Waals surface area contributed by atoms with Crippen LogP contribution < -0.4 is 4.74 Å². The zero-order chi connectivity index (χ0) is 19.4. The second kappa shape index (κ2) is 7.95. The Labute approximate surface area is 154 Å². The lowest BCUT2D eigenvalue weighted by atomic mass is 10.1. The SMILES string of the molecule is O=C(c1ccccc1S(=O)(=O)C(F)F)N1CCCC(Oc2ccncn2)C1. The van der Waals surface area contributed by atoms with E-state index in [0.717, 1.165) is 6.07 Å². The van der Waals surface area contributed by atoms with E-state index in [9.17, 15) is 22.0 Å². The Kier molecular flexibility index (Phi) is 5.64. The van der Waals surface area contributed by atoms with Gasteiger partial charge in [-0.15, -0.1) is 0 Å². The van der Waals surface area contributed by atoms with Crippen LogP contribution in [0.2, 0.25) is 0 Å². The molecule has 1 aromatic carbocycles. The molecule has 0 radical (unpaired) electrons. The number of rotatable bonds is 5. The molecule has 3 rings (SSSR count). The van der Waals surface area contributed by atoms with Crippen molar-refractivity contribution in [3.8, 4) is 5.88 Å². The number of likely N-dealkylation sites (tertiary alicyclic amines) is 1. The summed E-state index contributed by atoms with van der Waals surface area (Å²) in [5.74, 6) is -3.85. The molecule has 1 amide bonds. The van der Waals surface area contributed by atoms with Gasteiger partial charge in [0.05, 0.1) is 17.0 Å². The monoisotopic (exact) mass is 397 g/mol. The summed E-state index contributed by atoms with van der Waals surface area (Å²) in [6, 6.07) is 6.60. The van der Waals surface area contributed by atoms with Gasteiger partial charge in [-0.3, -0.25) is 4.79 Å². The predicted octanol–water partition coefficient (Wildman–Crippen LogP) is 2.16. The maximum Gasteiger partial charge on any atom is 0.341 e. The zero-order valence-electron chi connectivity index (χ0n) is 14.2. The number of benzene rings is 1. The Hall–Kier alpha value is -2.62. The van der Waals surface area contributed by atoms with Crippen molar-refractivity contribution in [1.82, 2.24) is 14.9 Å². The molecule has 144 valence electrons. The van der Waals surface area contributed by atoms with Crippen molar-refractivity contribution in [2.24, 2.45) is 0 Å². The molecule has 1 fully saturated rings. The predicted molar refractivity (Wildman–Crippen MR) is 91.2 cm³/mol. The van der Waals surface area contributed by atoms with Crippen molar-refractivity contribution >= 4 is 15.7 Å². The van der Waals surface area contributed by atoms with Gasteiger partial charge in [-0.05, 0) is 25.0 Å². The van der Waals surface area contributed by atoms with E-state index in [-0.39, 0.29) is 18.2 Å². The third kappa shape index (κ3) is 4.21. The number of ether oxygens (including phenoxy) is 1. The second-order valence-corrected chi connectivity index (χ2v) is 7.87. The average Bonchev–Trinajstić information content (AvgIpc) is 2.68. The fourth-order valence-corrected chi connectivity index (χ4v) is 3.82. The van der Waals surface area contributed by atoms with Crippen LogP contribution in [0.3, 0.4) is 0 Å². The molecule has 1 atom stereocenters. The van der Waals surface area contributed by atoms with E-state index in [1.165, 1.54) is 35.6 Å². The van der Waals surface area contributed by atoms with Crippen LogP contribution in [0.4, 0.5) is 8.78 Å². The van der Waals surface area contributed by atoms with Crippen LogP contribution in [-0.2, 0) is 9.84 Å². The molecule has 0 saturated carbocycles. The van der Waals surface area contributed by atoms with Crippen LogP contribution in [0.25, 0.3) is 0 Å². The van der Waals surface area contributed by atoms with Crippen LogP contribution in [0.1, 0.15) is 23.2 Å². The van der Waals surface area contributed by atoms with E-state index < -0.39 is 26.4 Å². The van der Waals surface area contributed by atoms with Crippen LogP contribution in [0.5, 0.6) is 5.88 Å². The summed E-state index contributed by atoms with van der Waals surface area (Å²) in [5.41, 5.74) is -0.263. The van der Waals surface area contributed by atoms with E-state index in [4.69, 9.17) is 4.74 Å². The molecular formula is C17H17F2N3O4S. The highest BCUT2D eigenvalue weighted by atomic mass is 32.2. The Balaban J connectivity index is 1.80. The van der Waals surface area contributed by atoms with E-state index >= 15 is 0 Å². The highest BCUT2D eigenvalue weighted by Gasteiger charge is 2.33. The van der Waals surface area contributed by atoms with Gasteiger partial charge in [-0.1, -0.05) is 12.1 Å². The number of halogens is 2. The number of aromatic nitrogens is 2. The lowest BCUT2D eigenvalue weighted by Crippen LogP contribution is -2.44. The largest absolute Gasteiger partial charge is 0.472 e. The summed E-state index contributed by atoms with van der Waals surface area (Å²) in [5, 5.41) is 0. The topological polar surface area (TPSA) is 89.5 Å². The highest BCUT2D eigenvalue weighted by Crippen LogP contribution is 2.25. The van der Waals surface area contributed by atoms with Gasteiger partial charge in [0.25, 0.3) is 5.91 Å². The Morgan fingerprint density at radius 3 is 2.74 bits per heavy atom. The first kappa shape index (κ1) is 19.2. The second-order valence-electron chi connectivity index (χ2n) is 5.98. The minimum Gasteiger partial charge on any atom is -0.472 e. The molecule has 1 aliphatic heterocycles. The van der Waals surface area contributed by atoms with Gasteiger partial charge in [-0.25, -0.2) is 18.4 Å². The van der Waals surface area contributed by atoms with Crippen molar-refractivity contribution in [3.05, 3.63) is 48.4 Å². The lowest BCUT2D eigenvalue weighted by Gasteiger charge is -2.33. The Morgan fingerprint density at radius 1 is 1.26 bits per heavy atom. The average molecular weight is 397 g/mol. The first-order valence-electron chi connectivity index (χ1n) is 8.22. The number of amides is 1.